The fraction of sp³-hybridized carbons (Fsp3) is 1.00. The van der Waals surface area contributed by atoms with Crippen molar-refractivity contribution in [3.05, 3.63) is 0 Å². The number of hydrogen-bond donors (Lipinski definition) is 0. The molecule has 0 aliphatic carbocycles. The van der Waals surface area contributed by atoms with Crippen LogP contribution < -0.4 is 0 Å². The zero-order chi connectivity index (χ0) is 10.6. The molecule has 1 fully saturated rings. The van der Waals surface area contributed by atoms with E-state index in [2.05, 4.69) is 0 Å². The molecule has 0 aromatic heterocycles. The Kier molecular flexibility index (Phi) is 4.95. The molecular weight excluding hydrogens is 209 g/mol. The second-order valence-corrected chi connectivity index (χ2v) is 6.60. The van der Waals surface area contributed by atoms with Crippen molar-refractivity contribution in [2.75, 3.05) is 6.61 Å². The minimum Gasteiger partial charge on any atom is -0.420 e. The van der Waals surface area contributed by atoms with Gasteiger partial charge in [-0.1, -0.05) is 19.8 Å². The van der Waals surface area contributed by atoms with Crippen molar-refractivity contribution in [2.24, 2.45) is 0 Å². The smallest absolute Gasteiger partial charge is 0.269 e. The molecule has 5 heteroatoms. The maximum absolute atomic E-state index is 13.2. The van der Waals surface area contributed by atoms with E-state index in [9.17, 15) is 13.2 Å². The fourth-order valence-electron chi connectivity index (χ4n) is 1.98. The van der Waals surface area contributed by atoms with Crippen molar-refractivity contribution in [1.82, 2.24) is 0 Å². The van der Waals surface area contributed by atoms with Crippen molar-refractivity contribution in [2.45, 2.75) is 50.4 Å². The van der Waals surface area contributed by atoms with Gasteiger partial charge in [-0.15, -0.1) is 0 Å². The minimum absolute atomic E-state index is 0.475. The summed E-state index contributed by atoms with van der Waals surface area (Å²) in [6.45, 7) is 2.41. The van der Waals surface area contributed by atoms with Gasteiger partial charge < -0.3 is 4.43 Å². The Morgan fingerprint density at radius 1 is 1.29 bits per heavy atom. The van der Waals surface area contributed by atoms with Crippen molar-refractivity contribution >= 4 is 9.04 Å². The van der Waals surface area contributed by atoms with Gasteiger partial charge in [-0.05, 0) is 12.5 Å². The Bertz CT molecular complexity index is 162. The Morgan fingerprint density at radius 3 is 2.43 bits per heavy atom. The van der Waals surface area contributed by atoms with E-state index in [0.29, 0.717) is 13.0 Å². The average Bonchev–Trinajstić information content (AvgIpc) is 2.20. The van der Waals surface area contributed by atoms with Crippen molar-refractivity contribution < 1.29 is 17.6 Å². The first kappa shape index (κ1) is 12.0. The summed E-state index contributed by atoms with van der Waals surface area (Å²) in [5, 5.41) is 0. The highest BCUT2D eigenvalue weighted by molar-refractivity contribution is 6.54. The van der Waals surface area contributed by atoms with Gasteiger partial charge in [0.15, 0.2) is 15.2 Å². The Morgan fingerprint density at radius 2 is 2.00 bits per heavy atom. The van der Waals surface area contributed by atoms with Crippen LogP contribution in [0.2, 0.25) is 11.6 Å². The zero-order valence-electron chi connectivity index (χ0n) is 8.39. The molecule has 0 aromatic rings. The lowest BCUT2D eigenvalue weighted by Crippen LogP contribution is -2.36. The Hall–Kier alpha value is -0.0331. The van der Waals surface area contributed by atoms with E-state index >= 15 is 0 Å². The third-order valence-electron chi connectivity index (χ3n) is 2.81. The number of rotatable bonds is 4. The van der Waals surface area contributed by atoms with Gasteiger partial charge in [-0.2, -0.15) is 0 Å². The van der Waals surface area contributed by atoms with Gasteiger partial charge in [0.25, 0.3) is 6.43 Å². The summed E-state index contributed by atoms with van der Waals surface area (Å²) < 4.78 is 43.1. The van der Waals surface area contributed by atoms with Gasteiger partial charge in [-0.25, -0.2) is 13.2 Å². The molecule has 14 heavy (non-hydrogen) atoms. The maximum Gasteiger partial charge on any atom is 0.269 e. The summed E-state index contributed by atoms with van der Waals surface area (Å²) in [6, 6.07) is 0.853. The highest BCUT2D eigenvalue weighted by Gasteiger charge is 2.36. The number of alkyl halides is 3. The molecule has 1 saturated heterocycles. The van der Waals surface area contributed by atoms with E-state index in [4.69, 9.17) is 4.43 Å². The van der Waals surface area contributed by atoms with Crippen molar-refractivity contribution in [3.63, 3.8) is 0 Å². The number of hydrogen-bond acceptors (Lipinski definition) is 1. The predicted molar refractivity (Wildman–Crippen MR) is 52.1 cm³/mol. The molecule has 1 aliphatic rings. The first-order chi connectivity index (χ1) is 6.66. The van der Waals surface area contributed by atoms with E-state index in [1.807, 2.05) is 0 Å². The molecule has 3 atom stereocenters. The average molecular weight is 226 g/mol. The zero-order valence-corrected chi connectivity index (χ0v) is 9.54. The quantitative estimate of drug-likeness (QED) is 0.670. The van der Waals surface area contributed by atoms with Gasteiger partial charge in [0, 0.05) is 12.1 Å². The molecule has 1 aliphatic heterocycles. The second-order valence-electron chi connectivity index (χ2n) is 3.76. The van der Waals surface area contributed by atoms with E-state index in [1.54, 1.807) is 6.92 Å². The largest absolute Gasteiger partial charge is 0.420 e. The predicted octanol–water partition coefficient (Wildman–Crippen LogP) is 2.90. The van der Waals surface area contributed by atoms with Crippen LogP contribution >= 0.6 is 0 Å². The highest BCUT2D eigenvalue weighted by atomic mass is 28.3. The minimum atomic E-state index is -2.85. The lowest BCUT2D eigenvalue weighted by atomic mass is 10.2. The third-order valence-corrected chi connectivity index (χ3v) is 6.25. The van der Waals surface area contributed by atoms with Crippen LogP contribution in [0.4, 0.5) is 13.2 Å². The molecule has 0 aromatic carbocycles. The summed E-state index contributed by atoms with van der Waals surface area (Å²) in [5.41, 5.74) is -0.504. The van der Waals surface area contributed by atoms with Crippen LogP contribution in [0, 0.1) is 0 Å². The lowest BCUT2D eigenvalue weighted by molar-refractivity contribution is 0.0407. The SMILES string of the molecule is CCC(C(F)C(F)F)[SiH]1CCCCO1. The Labute approximate surface area is 84.4 Å². The van der Waals surface area contributed by atoms with Gasteiger partial charge in [-0.3, -0.25) is 0 Å². The molecular formula is C9H17F3OSi. The monoisotopic (exact) mass is 226 g/mol. The topological polar surface area (TPSA) is 9.23 Å². The molecule has 0 amide bonds. The van der Waals surface area contributed by atoms with Crippen LogP contribution in [0.1, 0.15) is 26.2 Å². The summed E-state index contributed by atoms with van der Waals surface area (Å²) in [5.74, 6) is 0. The Balaban J connectivity index is 2.50. The first-order valence-electron chi connectivity index (χ1n) is 5.20. The molecule has 3 unspecified atom stereocenters. The molecule has 0 radical (unpaired) electrons. The summed E-state index contributed by atoms with van der Waals surface area (Å²) in [6.07, 6.45) is -2.34. The van der Waals surface area contributed by atoms with Crippen LogP contribution in [0.15, 0.2) is 0 Å². The summed E-state index contributed by atoms with van der Waals surface area (Å²) >= 11 is 0. The highest BCUT2D eigenvalue weighted by Crippen LogP contribution is 2.32. The molecule has 0 saturated carbocycles. The van der Waals surface area contributed by atoms with Gasteiger partial charge >= 0.3 is 0 Å². The van der Waals surface area contributed by atoms with Crippen LogP contribution in [-0.4, -0.2) is 28.2 Å². The molecule has 0 spiro atoms. The van der Waals surface area contributed by atoms with E-state index in [1.165, 1.54) is 0 Å². The first-order valence-corrected chi connectivity index (χ1v) is 7.16. The van der Waals surface area contributed by atoms with Crippen LogP contribution in [0.3, 0.4) is 0 Å². The van der Waals surface area contributed by atoms with Gasteiger partial charge in [0.2, 0.25) is 0 Å². The van der Waals surface area contributed by atoms with Crippen molar-refractivity contribution in [3.8, 4) is 0 Å². The summed E-state index contributed by atoms with van der Waals surface area (Å²) in [7, 11) is -1.71. The standard InChI is InChI=1S/C9H17F3OSi/c1-2-7(8(10)9(11)12)14-6-4-3-5-13-14/h7-9,14H,2-6H2,1H3. The van der Waals surface area contributed by atoms with Crippen molar-refractivity contribution in [1.29, 1.82) is 0 Å². The van der Waals surface area contributed by atoms with Crippen LogP contribution in [-0.2, 0) is 4.43 Å². The molecule has 84 valence electrons. The fourth-order valence-corrected chi connectivity index (χ4v) is 5.09. The maximum atomic E-state index is 13.2. The molecule has 0 N–H and O–H groups in total. The van der Waals surface area contributed by atoms with Gasteiger partial charge in [0.1, 0.15) is 0 Å². The molecule has 1 heterocycles. The molecule has 1 nitrogen and oxygen atoms in total. The van der Waals surface area contributed by atoms with Crippen LogP contribution in [0.5, 0.6) is 0 Å². The number of halogens is 3. The lowest BCUT2D eigenvalue weighted by Gasteiger charge is -2.30. The summed E-state index contributed by atoms with van der Waals surface area (Å²) in [4.78, 5) is 0. The van der Waals surface area contributed by atoms with E-state index in [-0.39, 0.29) is 0 Å². The van der Waals surface area contributed by atoms with Crippen LogP contribution in [0.25, 0.3) is 0 Å². The molecule has 0 bridgehead atoms. The molecule has 1 rings (SSSR count). The second kappa shape index (κ2) is 5.75. The van der Waals surface area contributed by atoms with Gasteiger partial charge in [0.05, 0.1) is 0 Å². The third kappa shape index (κ3) is 2.98. The normalized spacial score (nSPS) is 27.6. The van der Waals surface area contributed by atoms with E-state index in [0.717, 1.165) is 18.9 Å². The van der Waals surface area contributed by atoms with E-state index < -0.39 is 27.2 Å².